The van der Waals surface area contributed by atoms with Crippen LogP contribution in [0.25, 0.3) is 0 Å². The van der Waals surface area contributed by atoms with Crippen LogP contribution in [0.5, 0.6) is 0 Å². The van der Waals surface area contributed by atoms with Crippen LogP contribution in [0.2, 0.25) is 0 Å². The van der Waals surface area contributed by atoms with E-state index in [1.165, 1.54) is 5.56 Å². The first-order valence-corrected chi connectivity index (χ1v) is 9.38. The number of rotatable bonds is 7. The third-order valence-corrected chi connectivity index (χ3v) is 4.96. The molecule has 1 aliphatic heterocycles. The van der Waals surface area contributed by atoms with Crippen LogP contribution >= 0.6 is 0 Å². The summed E-state index contributed by atoms with van der Waals surface area (Å²) in [4.78, 5) is 30.0. The van der Waals surface area contributed by atoms with E-state index in [1.54, 1.807) is 11.2 Å². The molecule has 7 heteroatoms. The number of benzene rings is 1. The molecule has 1 aromatic carbocycles. The van der Waals surface area contributed by atoms with Crippen molar-refractivity contribution in [2.24, 2.45) is 17.4 Å². The Bertz CT molecular complexity index is 774. The van der Waals surface area contributed by atoms with E-state index in [9.17, 15) is 9.59 Å². The molecule has 2 atom stereocenters. The second-order valence-electron chi connectivity index (χ2n) is 7.30. The van der Waals surface area contributed by atoms with E-state index in [2.05, 4.69) is 17.1 Å². The van der Waals surface area contributed by atoms with E-state index in [0.717, 1.165) is 25.1 Å². The molecule has 2 aromatic rings. The van der Waals surface area contributed by atoms with Crippen LogP contribution < -0.4 is 11.5 Å². The Morgan fingerprint density at radius 1 is 1.26 bits per heavy atom. The number of piperidine rings is 1. The second kappa shape index (κ2) is 8.81. The summed E-state index contributed by atoms with van der Waals surface area (Å²) < 4.78 is 1.99. The highest BCUT2D eigenvalue weighted by Crippen LogP contribution is 2.20. The summed E-state index contributed by atoms with van der Waals surface area (Å²) in [6, 6.07) is 9.50. The molecule has 0 aliphatic carbocycles. The molecule has 3 rings (SSSR count). The number of carbonyl (C=O) groups is 2. The zero-order valence-electron chi connectivity index (χ0n) is 15.5. The van der Waals surface area contributed by atoms with Crippen LogP contribution in [-0.2, 0) is 22.6 Å². The average molecular weight is 369 g/mol. The quantitative estimate of drug-likeness (QED) is 0.756. The van der Waals surface area contributed by atoms with Gasteiger partial charge in [0.25, 0.3) is 0 Å². The number of amides is 2. The first kappa shape index (κ1) is 19.1. The Kier molecular flexibility index (Phi) is 6.24. The van der Waals surface area contributed by atoms with Crippen LogP contribution in [0.15, 0.2) is 42.9 Å². The zero-order chi connectivity index (χ0) is 19.2. The van der Waals surface area contributed by atoms with Gasteiger partial charge in [-0.1, -0.05) is 30.3 Å². The number of hydrogen-bond acceptors (Lipinski definition) is 4. The van der Waals surface area contributed by atoms with Gasteiger partial charge in [-0.05, 0) is 24.3 Å². The fraction of sp³-hybridized carbons (Fsp3) is 0.450. The molecular weight excluding hydrogens is 342 g/mol. The third kappa shape index (κ3) is 5.40. The summed E-state index contributed by atoms with van der Waals surface area (Å²) in [5, 5.41) is 0. The number of aromatic nitrogens is 2. The SMILES string of the molecule is NC(=O)CC1CCCN(C(=O)[C@@H](N)Cc2cn(Cc3ccccc3)cn2)C1. The first-order chi connectivity index (χ1) is 13.0. The molecule has 1 saturated heterocycles. The van der Waals surface area contributed by atoms with Gasteiger partial charge in [0.15, 0.2) is 0 Å². The number of nitrogens with zero attached hydrogens (tertiary/aromatic N) is 3. The van der Waals surface area contributed by atoms with E-state index in [4.69, 9.17) is 11.5 Å². The standard InChI is InChI=1S/C20H27N5O2/c21-18(20(27)25-8-4-7-16(12-25)9-19(22)26)10-17-13-24(14-23-17)11-15-5-2-1-3-6-15/h1-3,5-6,13-14,16,18H,4,7-12,21H2,(H2,22,26)/t16?,18-/m0/s1. The van der Waals surface area contributed by atoms with E-state index >= 15 is 0 Å². The summed E-state index contributed by atoms with van der Waals surface area (Å²) in [5.41, 5.74) is 13.4. The predicted molar refractivity (Wildman–Crippen MR) is 103 cm³/mol. The summed E-state index contributed by atoms with van der Waals surface area (Å²) in [5.74, 6) is -0.262. The topological polar surface area (TPSA) is 107 Å². The van der Waals surface area contributed by atoms with Crippen molar-refractivity contribution >= 4 is 11.8 Å². The van der Waals surface area contributed by atoms with Crippen molar-refractivity contribution in [2.75, 3.05) is 13.1 Å². The van der Waals surface area contributed by atoms with Gasteiger partial charge in [0.05, 0.1) is 18.1 Å². The molecule has 4 N–H and O–H groups in total. The van der Waals surface area contributed by atoms with Gasteiger partial charge in [-0.3, -0.25) is 9.59 Å². The molecule has 144 valence electrons. The van der Waals surface area contributed by atoms with Gasteiger partial charge in [-0.15, -0.1) is 0 Å². The van der Waals surface area contributed by atoms with Gasteiger partial charge in [-0.2, -0.15) is 0 Å². The van der Waals surface area contributed by atoms with Crippen molar-refractivity contribution < 1.29 is 9.59 Å². The van der Waals surface area contributed by atoms with E-state index in [0.29, 0.717) is 25.9 Å². The Labute approximate surface area is 159 Å². The number of hydrogen-bond donors (Lipinski definition) is 2. The molecule has 2 heterocycles. The van der Waals surface area contributed by atoms with Crippen LogP contribution in [-0.4, -0.2) is 45.4 Å². The van der Waals surface area contributed by atoms with Gasteiger partial charge in [0, 0.05) is 38.7 Å². The lowest BCUT2D eigenvalue weighted by Gasteiger charge is -2.33. The monoisotopic (exact) mass is 369 g/mol. The minimum atomic E-state index is -0.627. The molecule has 0 saturated carbocycles. The Hall–Kier alpha value is -2.67. The lowest BCUT2D eigenvalue weighted by Crippen LogP contribution is -2.49. The highest BCUT2D eigenvalue weighted by Gasteiger charge is 2.28. The molecule has 1 aromatic heterocycles. The number of imidazole rings is 1. The molecule has 27 heavy (non-hydrogen) atoms. The lowest BCUT2D eigenvalue weighted by atomic mass is 9.94. The lowest BCUT2D eigenvalue weighted by molar-refractivity contribution is -0.135. The molecule has 1 unspecified atom stereocenters. The maximum Gasteiger partial charge on any atom is 0.239 e. The average Bonchev–Trinajstić information content (AvgIpc) is 3.08. The highest BCUT2D eigenvalue weighted by molar-refractivity contribution is 5.82. The van der Waals surface area contributed by atoms with Gasteiger partial charge in [0.2, 0.25) is 11.8 Å². The van der Waals surface area contributed by atoms with Crippen molar-refractivity contribution in [2.45, 2.75) is 38.3 Å². The van der Waals surface area contributed by atoms with Crippen LogP contribution in [0, 0.1) is 5.92 Å². The van der Waals surface area contributed by atoms with Gasteiger partial charge >= 0.3 is 0 Å². The fourth-order valence-electron chi connectivity index (χ4n) is 3.66. The van der Waals surface area contributed by atoms with Gasteiger partial charge in [0.1, 0.15) is 0 Å². The highest BCUT2D eigenvalue weighted by atomic mass is 16.2. The zero-order valence-corrected chi connectivity index (χ0v) is 15.5. The van der Waals surface area contributed by atoms with E-state index in [-0.39, 0.29) is 17.7 Å². The molecule has 1 fully saturated rings. The third-order valence-electron chi connectivity index (χ3n) is 4.96. The summed E-state index contributed by atoms with van der Waals surface area (Å²) in [6.07, 6.45) is 6.23. The summed E-state index contributed by atoms with van der Waals surface area (Å²) >= 11 is 0. The van der Waals surface area contributed by atoms with Crippen molar-refractivity contribution in [1.82, 2.24) is 14.5 Å². The van der Waals surface area contributed by atoms with Crippen LogP contribution in [0.3, 0.4) is 0 Å². The number of likely N-dealkylation sites (tertiary alicyclic amines) is 1. The fourth-order valence-corrected chi connectivity index (χ4v) is 3.66. The largest absolute Gasteiger partial charge is 0.370 e. The van der Waals surface area contributed by atoms with Crippen molar-refractivity contribution in [3.05, 3.63) is 54.1 Å². The van der Waals surface area contributed by atoms with Crippen molar-refractivity contribution in [3.63, 3.8) is 0 Å². The van der Waals surface area contributed by atoms with Gasteiger partial charge in [-0.25, -0.2) is 4.98 Å². The van der Waals surface area contributed by atoms with Gasteiger partial charge < -0.3 is 20.9 Å². The normalized spacial score (nSPS) is 18.3. The molecule has 0 spiro atoms. The predicted octanol–water partition coefficient (Wildman–Crippen LogP) is 0.915. The smallest absolute Gasteiger partial charge is 0.239 e. The molecule has 1 aliphatic rings. The van der Waals surface area contributed by atoms with Crippen LogP contribution in [0.4, 0.5) is 0 Å². The maximum absolute atomic E-state index is 12.7. The summed E-state index contributed by atoms with van der Waals surface area (Å²) in [7, 11) is 0. The second-order valence-corrected chi connectivity index (χ2v) is 7.30. The van der Waals surface area contributed by atoms with E-state index < -0.39 is 6.04 Å². The Morgan fingerprint density at radius 2 is 2.04 bits per heavy atom. The van der Waals surface area contributed by atoms with Crippen LogP contribution in [0.1, 0.15) is 30.5 Å². The first-order valence-electron chi connectivity index (χ1n) is 9.38. The van der Waals surface area contributed by atoms with Crippen molar-refractivity contribution in [1.29, 1.82) is 0 Å². The minimum absolute atomic E-state index is 0.0817. The van der Waals surface area contributed by atoms with E-state index in [1.807, 2.05) is 29.0 Å². The number of nitrogens with two attached hydrogens (primary N) is 2. The molecule has 0 radical (unpaired) electrons. The maximum atomic E-state index is 12.7. The molecular formula is C20H27N5O2. The Balaban J connectivity index is 1.54. The summed E-state index contributed by atoms with van der Waals surface area (Å²) in [6.45, 7) is 1.97. The molecule has 7 nitrogen and oxygen atoms in total. The Morgan fingerprint density at radius 3 is 2.78 bits per heavy atom. The molecule has 0 bridgehead atoms. The molecule has 2 amide bonds. The van der Waals surface area contributed by atoms with Crippen molar-refractivity contribution in [3.8, 4) is 0 Å². The number of carbonyl (C=O) groups excluding carboxylic acids is 2. The minimum Gasteiger partial charge on any atom is -0.370 e. The number of primary amides is 1.